The van der Waals surface area contributed by atoms with Gasteiger partial charge in [0, 0.05) is 33.7 Å². The second-order valence-corrected chi connectivity index (χ2v) is 3.46. The summed E-state index contributed by atoms with van der Waals surface area (Å²) in [5.41, 5.74) is 1.10. The molecule has 6 nitrogen and oxygen atoms in total. The average Bonchev–Trinajstić information content (AvgIpc) is 2.49. The average molecular weight is 325 g/mol. The molecule has 0 saturated carbocycles. The van der Waals surface area contributed by atoms with Gasteiger partial charge in [0.15, 0.2) is 5.69 Å². The maximum Gasteiger partial charge on any atom is 0.364 e. The Hall–Kier alpha value is -2.54. The topological polar surface area (TPSA) is 54.4 Å². The van der Waals surface area contributed by atoms with Crippen LogP contribution in [0.4, 0.5) is 5.69 Å². The van der Waals surface area contributed by atoms with Gasteiger partial charge in [-0.15, -0.1) is 0 Å². The van der Waals surface area contributed by atoms with Gasteiger partial charge < -0.3 is 24.8 Å². The van der Waals surface area contributed by atoms with Crippen molar-refractivity contribution in [2.75, 3.05) is 6.79 Å². The summed E-state index contributed by atoms with van der Waals surface area (Å²) in [7, 11) is 0. The summed E-state index contributed by atoms with van der Waals surface area (Å²) in [5.74, 6) is 0. The summed E-state index contributed by atoms with van der Waals surface area (Å²) in [6.07, 6.45) is 6.49. The maximum atomic E-state index is 8.65. The highest BCUT2D eigenvalue weighted by Gasteiger charge is 2.06. The Morgan fingerprint density at radius 2 is 1.48 bits per heavy atom. The molecule has 2 aromatic rings. The summed E-state index contributed by atoms with van der Waals surface area (Å²) in [6.45, 7) is 6.82. The zero-order chi connectivity index (χ0) is 13.5. The molecular weight excluding hydrogens is 315 g/mol. The Bertz CT molecular complexity index is 576. The lowest BCUT2D eigenvalue weighted by atomic mass is 10.3. The second kappa shape index (κ2) is 9.38. The molecule has 2 heterocycles. The van der Waals surface area contributed by atoms with Crippen LogP contribution < -0.4 is 44.0 Å². The lowest BCUT2D eigenvalue weighted by molar-refractivity contribution is -0.950. The van der Waals surface area contributed by atoms with E-state index in [1.165, 1.54) is 9.46 Å². The van der Waals surface area contributed by atoms with E-state index in [1.807, 2.05) is 6.07 Å². The third-order valence-electron chi connectivity index (χ3n) is 2.25. The van der Waals surface area contributed by atoms with Crippen LogP contribution in [0.3, 0.4) is 0 Å². The van der Waals surface area contributed by atoms with Gasteiger partial charge in [-0.05, 0) is 0 Å². The Balaban J connectivity index is 0.00000200. The molecule has 2 rings (SSSR count). The van der Waals surface area contributed by atoms with Crippen molar-refractivity contribution in [1.82, 2.24) is 0 Å². The molecular formula is C13H10Cl2N4O2. The molecule has 21 heavy (non-hydrogen) atoms. The summed E-state index contributed by atoms with van der Waals surface area (Å²) in [6, 6.07) is 8.57. The number of pyridine rings is 2. The van der Waals surface area contributed by atoms with Gasteiger partial charge in [0.2, 0.25) is 24.8 Å². The minimum atomic E-state index is -0.00139. The van der Waals surface area contributed by atoms with Gasteiger partial charge in [-0.3, -0.25) is 0 Å². The van der Waals surface area contributed by atoms with Gasteiger partial charge in [0.25, 0.3) is 0 Å². The molecule has 0 aromatic carbocycles. The molecule has 8 heteroatoms. The Morgan fingerprint density at radius 3 is 1.90 bits per heavy atom. The van der Waals surface area contributed by atoms with E-state index in [0.717, 1.165) is 0 Å². The highest BCUT2D eigenvalue weighted by atomic mass is 35.5. The Labute approximate surface area is 134 Å². The van der Waals surface area contributed by atoms with Crippen LogP contribution in [0.25, 0.3) is 4.85 Å². The Kier molecular flexibility index (Phi) is 8.24. The number of halogens is 2. The first-order valence-corrected chi connectivity index (χ1v) is 5.38. The van der Waals surface area contributed by atoms with Crippen LogP contribution in [0.15, 0.2) is 49.1 Å². The molecule has 0 aliphatic rings. The first-order chi connectivity index (χ1) is 9.31. The maximum absolute atomic E-state index is 8.65. The molecule has 108 valence electrons. The number of hydrogen-bond acceptors (Lipinski definition) is 3. The van der Waals surface area contributed by atoms with Crippen molar-refractivity contribution in [3.05, 3.63) is 66.0 Å². The number of aromatic nitrogens is 2. The summed E-state index contributed by atoms with van der Waals surface area (Å²) in [4.78, 5) is 13.8. The van der Waals surface area contributed by atoms with E-state index in [4.69, 9.17) is 21.5 Å². The van der Waals surface area contributed by atoms with Crippen molar-refractivity contribution in [2.45, 2.75) is 0 Å². The van der Waals surface area contributed by atoms with Crippen LogP contribution in [0.5, 0.6) is 0 Å². The van der Waals surface area contributed by atoms with E-state index in [1.54, 1.807) is 49.1 Å². The van der Waals surface area contributed by atoms with Gasteiger partial charge in [-0.25, -0.2) is 14.5 Å². The molecule has 0 radical (unpaired) electrons. The van der Waals surface area contributed by atoms with Gasteiger partial charge in [0.05, 0.1) is 18.2 Å². The first kappa shape index (κ1) is 18.5. The number of nitrogens with zero attached hydrogens (tertiary/aromatic N) is 4. The zero-order valence-corrected chi connectivity index (χ0v) is 12.2. The predicted octanol–water partition coefficient (Wildman–Crippen LogP) is -5.79. The van der Waals surface area contributed by atoms with Crippen molar-refractivity contribution >= 4 is 5.69 Å². The smallest absolute Gasteiger partial charge is 0.364 e. The lowest BCUT2D eigenvalue weighted by Gasteiger charge is -1.96. The first-order valence-electron chi connectivity index (χ1n) is 5.38. The van der Waals surface area contributed by atoms with E-state index in [0.29, 0.717) is 11.3 Å². The van der Waals surface area contributed by atoms with Crippen LogP contribution in [-0.4, -0.2) is 6.79 Å². The molecule has 0 aliphatic heterocycles. The highest BCUT2D eigenvalue weighted by molar-refractivity contribution is 5.40. The normalized spacial score (nSPS) is 8.29. The van der Waals surface area contributed by atoms with Crippen molar-refractivity contribution in [1.29, 1.82) is 5.26 Å². The van der Waals surface area contributed by atoms with Crippen LogP contribution in [-0.2, 0) is 0 Å². The fourth-order valence-corrected chi connectivity index (χ4v) is 1.28. The van der Waals surface area contributed by atoms with Crippen LogP contribution >= 0.6 is 0 Å². The highest BCUT2D eigenvalue weighted by Crippen LogP contribution is 2.05. The van der Waals surface area contributed by atoms with Gasteiger partial charge in [-0.2, -0.15) is 5.26 Å². The number of rotatable bonds is 4. The molecule has 0 amide bonds. The Morgan fingerprint density at radius 1 is 1.00 bits per heavy atom. The largest absolute Gasteiger partial charge is 1.00 e. The fraction of sp³-hybridized carbons (Fsp3) is 0.0769. The quantitative estimate of drug-likeness (QED) is 0.320. The summed E-state index contributed by atoms with van der Waals surface area (Å²) < 4.78 is 2.88. The van der Waals surface area contributed by atoms with E-state index in [-0.39, 0.29) is 31.6 Å². The van der Waals surface area contributed by atoms with Gasteiger partial charge >= 0.3 is 6.79 Å². The van der Waals surface area contributed by atoms with E-state index in [9.17, 15) is 0 Å². The lowest BCUT2D eigenvalue weighted by Crippen LogP contribution is -3.00. The van der Waals surface area contributed by atoms with Crippen molar-refractivity contribution in [3.63, 3.8) is 0 Å². The van der Waals surface area contributed by atoms with E-state index < -0.39 is 0 Å². The molecule has 2 aromatic heterocycles. The van der Waals surface area contributed by atoms with Crippen molar-refractivity contribution in [3.8, 4) is 6.07 Å². The fourth-order valence-electron chi connectivity index (χ4n) is 1.28. The van der Waals surface area contributed by atoms with Gasteiger partial charge in [-0.1, -0.05) is 0 Å². The number of hydrogen-bond donors (Lipinski definition) is 0. The molecule has 0 bridgehead atoms. The molecule has 0 spiro atoms. The minimum absolute atomic E-state index is 0. The van der Waals surface area contributed by atoms with Crippen LogP contribution in [0.2, 0.25) is 0 Å². The monoisotopic (exact) mass is 324 g/mol. The molecule has 0 saturated heterocycles. The minimum Gasteiger partial charge on any atom is -1.00 e. The summed E-state index contributed by atoms with van der Waals surface area (Å²) >= 11 is 0. The molecule has 0 N–H and O–H groups in total. The molecule has 0 aliphatic carbocycles. The molecule has 0 fully saturated rings. The molecule has 0 atom stereocenters. The van der Waals surface area contributed by atoms with Crippen molar-refractivity contribution < 1.29 is 44.0 Å². The third-order valence-corrected chi connectivity index (χ3v) is 2.25. The second-order valence-electron chi connectivity index (χ2n) is 3.46. The van der Waals surface area contributed by atoms with Crippen molar-refractivity contribution in [2.24, 2.45) is 0 Å². The third kappa shape index (κ3) is 5.53. The number of nitriles is 1. The van der Waals surface area contributed by atoms with E-state index in [2.05, 4.69) is 4.85 Å². The van der Waals surface area contributed by atoms with Crippen LogP contribution in [0, 0.1) is 17.9 Å². The zero-order valence-electron chi connectivity index (χ0n) is 10.7. The predicted molar refractivity (Wildman–Crippen MR) is 62.3 cm³/mol. The molecule has 0 unspecified atom stereocenters. The van der Waals surface area contributed by atoms with E-state index >= 15 is 0 Å². The SMILES string of the molecule is [C-]#[N+]c1cc[n+](OCO[n+]2ccc(C#N)cc2)cc1.[Cl-].[Cl-]. The van der Waals surface area contributed by atoms with Crippen LogP contribution in [0.1, 0.15) is 5.56 Å². The summed E-state index contributed by atoms with van der Waals surface area (Å²) in [5, 5.41) is 8.65. The standard InChI is InChI=1S/C13H10N4O2.2ClH/c1-15-13-4-8-17(9-5-13)19-11-18-16-6-2-12(10-14)3-7-16;;/h2-9H,11H2;2*1H/q+2;;/p-2. The van der Waals surface area contributed by atoms with Gasteiger partial charge in [0.1, 0.15) is 0 Å².